The molecule has 0 saturated carbocycles. The van der Waals surface area contributed by atoms with E-state index in [2.05, 4.69) is 31.4 Å². The molecule has 1 aliphatic rings. The molecule has 0 unspecified atom stereocenters. The average molecular weight is 351 g/mol. The molecule has 2 amide bonds. The van der Waals surface area contributed by atoms with Crippen LogP contribution in [0.15, 0.2) is 24.8 Å². The van der Waals surface area contributed by atoms with Crippen molar-refractivity contribution in [1.29, 1.82) is 5.26 Å². The van der Waals surface area contributed by atoms with Crippen molar-refractivity contribution in [1.82, 2.24) is 34.9 Å². The van der Waals surface area contributed by atoms with Gasteiger partial charge in [0.1, 0.15) is 17.5 Å². The fraction of sp³-hybridized carbons (Fsp3) is 0.312. The maximum atomic E-state index is 11.8. The molecule has 132 valence electrons. The summed E-state index contributed by atoms with van der Waals surface area (Å²) in [5.74, 6) is 0.321. The lowest BCUT2D eigenvalue weighted by Gasteiger charge is -2.48. The monoisotopic (exact) mass is 351 g/mol. The summed E-state index contributed by atoms with van der Waals surface area (Å²) in [6.45, 7) is 0.786. The lowest BCUT2D eigenvalue weighted by atomic mass is 9.87. The van der Waals surface area contributed by atoms with Crippen LogP contribution >= 0.6 is 0 Å². The minimum Gasteiger partial charge on any atom is -0.382 e. The molecule has 26 heavy (non-hydrogen) atoms. The third-order valence-corrected chi connectivity index (χ3v) is 4.72. The number of nitrogens with zero attached hydrogens (tertiary/aromatic N) is 6. The Hall–Kier alpha value is -3.61. The number of anilines is 1. The summed E-state index contributed by atoms with van der Waals surface area (Å²) >= 11 is 0. The van der Waals surface area contributed by atoms with Crippen LogP contribution in [0.1, 0.15) is 6.42 Å². The summed E-state index contributed by atoms with van der Waals surface area (Å²) in [6.07, 6.45) is 5.27. The Balaban J connectivity index is 1.73. The molecular weight excluding hydrogens is 334 g/mol. The number of rotatable bonds is 3. The number of H-pyrrole nitrogens is 1. The quantitative estimate of drug-likeness (QED) is 0.633. The standard InChI is InChI=1S/C16H17N9O/c1-19-15(26)24-7-16(8-24,3-4-17)25-6-11(13(18)23-25)12-10-2-5-20-14(10)22-9-21-12/h2,5-6,9H,3,7-8H2,1H3,(H2,18,23)(H,19,26)(H,20,21,22). The summed E-state index contributed by atoms with van der Waals surface area (Å²) in [5.41, 5.74) is 7.62. The Labute approximate surface area is 148 Å². The largest absolute Gasteiger partial charge is 0.382 e. The minimum atomic E-state index is -0.585. The van der Waals surface area contributed by atoms with E-state index in [4.69, 9.17) is 5.73 Å². The van der Waals surface area contributed by atoms with E-state index in [0.717, 1.165) is 5.39 Å². The first-order valence-electron chi connectivity index (χ1n) is 8.06. The molecule has 4 heterocycles. The molecular formula is C16H17N9O. The highest BCUT2D eigenvalue weighted by molar-refractivity contribution is 5.93. The molecule has 0 aliphatic carbocycles. The number of nitrogens with two attached hydrogens (primary N) is 1. The normalized spacial score (nSPS) is 15.5. The molecule has 3 aromatic heterocycles. The van der Waals surface area contributed by atoms with Crippen molar-refractivity contribution in [2.75, 3.05) is 25.9 Å². The van der Waals surface area contributed by atoms with Gasteiger partial charge in [-0.2, -0.15) is 10.4 Å². The molecule has 1 saturated heterocycles. The van der Waals surface area contributed by atoms with Gasteiger partial charge in [-0.3, -0.25) is 4.68 Å². The van der Waals surface area contributed by atoms with E-state index in [0.29, 0.717) is 35.8 Å². The lowest BCUT2D eigenvalue weighted by Crippen LogP contribution is -2.65. The van der Waals surface area contributed by atoms with Gasteiger partial charge >= 0.3 is 6.03 Å². The highest BCUT2D eigenvalue weighted by Gasteiger charge is 2.47. The van der Waals surface area contributed by atoms with Crippen LogP contribution in [0.25, 0.3) is 22.3 Å². The maximum Gasteiger partial charge on any atom is 0.317 e. The molecule has 4 rings (SSSR count). The predicted octanol–water partition coefficient (Wildman–Crippen LogP) is 0.668. The van der Waals surface area contributed by atoms with Crippen LogP contribution < -0.4 is 11.1 Å². The first-order chi connectivity index (χ1) is 12.6. The van der Waals surface area contributed by atoms with E-state index in [1.807, 2.05) is 6.07 Å². The van der Waals surface area contributed by atoms with Gasteiger partial charge in [-0.15, -0.1) is 0 Å². The molecule has 0 radical (unpaired) electrons. The van der Waals surface area contributed by atoms with Crippen LogP contribution in [0, 0.1) is 11.3 Å². The van der Waals surface area contributed by atoms with E-state index in [1.165, 1.54) is 6.33 Å². The van der Waals surface area contributed by atoms with E-state index in [-0.39, 0.29) is 12.5 Å². The molecule has 0 atom stereocenters. The number of fused-ring (bicyclic) bond motifs is 1. The van der Waals surface area contributed by atoms with Gasteiger partial charge in [0.05, 0.1) is 36.8 Å². The van der Waals surface area contributed by atoms with Crippen molar-refractivity contribution >= 4 is 22.9 Å². The smallest absolute Gasteiger partial charge is 0.317 e. The summed E-state index contributed by atoms with van der Waals surface area (Å²) in [7, 11) is 1.58. The number of aromatic nitrogens is 5. The molecule has 1 aliphatic heterocycles. The first-order valence-corrected chi connectivity index (χ1v) is 8.06. The van der Waals surface area contributed by atoms with Gasteiger partial charge in [-0.1, -0.05) is 0 Å². The highest BCUT2D eigenvalue weighted by Crippen LogP contribution is 2.36. The fourth-order valence-electron chi connectivity index (χ4n) is 3.35. The number of likely N-dealkylation sites (tertiary alicyclic amines) is 1. The van der Waals surface area contributed by atoms with E-state index >= 15 is 0 Å². The Morgan fingerprint density at radius 1 is 1.50 bits per heavy atom. The van der Waals surface area contributed by atoms with Crippen LogP contribution in [0.3, 0.4) is 0 Å². The molecule has 0 spiro atoms. The summed E-state index contributed by atoms with van der Waals surface area (Å²) in [5, 5.41) is 17.1. The van der Waals surface area contributed by atoms with Crippen LogP contribution in [0.4, 0.5) is 10.6 Å². The van der Waals surface area contributed by atoms with E-state index in [9.17, 15) is 10.1 Å². The Morgan fingerprint density at radius 3 is 3.04 bits per heavy atom. The van der Waals surface area contributed by atoms with Gasteiger partial charge in [-0.05, 0) is 6.07 Å². The second kappa shape index (κ2) is 5.73. The van der Waals surface area contributed by atoms with Crippen LogP contribution in [-0.2, 0) is 5.54 Å². The van der Waals surface area contributed by atoms with Gasteiger partial charge < -0.3 is 20.9 Å². The molecule has 0 aromatic carbocycles. The van der Waals surface area contributed by atoms with Gasteiger partial charge in [0.25, 0.3) is 0 Å². The highest BCUT2D eigenvalue weighted by atomic mass is 16.2. The number of carbonyl (C=O) groups is 1. The molecule has 1 fully saturated rings. The van der Waals surface area contributed by atoms with Crippen molar-refractivity contribution < 1.29 is 4.79 Å². The topological polar surface area (TPSA) is 142 Å². The van der Waals surface area contributed by atoms with Gasteiger partial charge in [-0.25, -0.2) is 14.8 Å². The molecule has 4 N–H and O–H groups in total. The van der Waals surface area contributed by atoms with Crippen molar-refractivity contribution in [3.8, 4) is 17.3 Å². The number of urea groups is 1. The SMILES string of the molecule is CNC(=O)N1CC(CC#N)(n2cc(-c3ncnc4[nH]ccc34)c(N)n2)C1. The van der Waals surface area contributed by atoms with Crippen molar-refractivity contribution in [3.63, 3.8) is 0 Å². The van der Waals surface area contributed by atoms with Crippen LogP contribution in [-0.4, -0.2) is 55.8 Å². The zero-order chi connectivity index (χ0) is 18.3. The second-order valence-electron chi connectivity index (χ2n) is 6.31. The number of hydrogen-bond donors (Lipinski definition) is 3. The summed E-state index contributed by atoms with van der Waals surface area (Å²) in [4.78, 5) is 25.0. The second-order valence-corrected chi connectivity index (χ2v) is 6.31. The summed E-state index contributed by atoms with van der Waals surface area (Å²) < 4.78 is 1.70. The van der Waals surface area contributed by atoms with Crippen LogP contribution in [0.5, 0.6) is 0 Å². The lowest BCUT2D eigenvalue weighted by molar-refractivity contribution is 0.0355. The first kappa shape index (κ1) is 15.9. The van der Waals surface area contributed by atoms with Crippen molar-refractivity contribution in [2.45, 2.75) is 12.0 Å². The molecule has 10 nitrogen and oxygen atoms in total. The van der Waals surface area contributed by atoms with E-state index < -0.39 is 5.54 Å². The number of nitrogens with one attached hydrogen (secondary N) is 2. The number of carbonyl (C=O) groups excluding carboxylic acids is 1. The van der Waals surface area contributed by atoms with Crippen molar-refractivity contribution in [2.24, 2.45) is 0 Å². The van der Waals surface area contributed by atoms with Crippen LogP contribution in [0.2, 0.25) is 0 Å². The van der Waals surface area contributed by atoms with Gasteiger partial charge in [0.2, 0.25) is 0 Å². The zero-order valence-electron chi connectivity index (χ0n) is 14.1. The minimum absolute atomic E-state index is 0.177. The number of hydrogen-bond acceptors (Lipinski definition) is 6. The predicted molar refractivity (Wildman–Crippen MR) is 93.8 cm³/mol. The Kier molecular flexibility index (Phi) is 3.50. The van der Waals surface area contributed by atoms with Gasteiger partial charge in [0, 0.05) is 24.8 Å². The average Bonchev–Trinajstić information content (AvgIpc) is 3.23. The summed E-state index contributed by atoms with van der Waals surface area (Å²) in [6, 6.07) is 3.89. The fourth-order valence-corrected chi connectivity index (χ4v) is 3.35. The Bertz CT molecular complexity index is 1020. The Morgan fingerprint density at radius 2 is 2.31 bits per heavy atom. The van der Waals surface area contributed by atoms with Crippen molar-refractivity contribution in [3.05, 3.63) is 24.8 Å². The number of aromatic amines is 1. The number of amides is 2. The maximum absolute atomic E-state index is 11.8. The van der Waals surface area contributed by atoms with E-state index in [1.54, 1.807) is 29.0 Å². The molecule has 3 aromatic rings. The number of nitriles is 1. The molecule has 0 bridgehead atoms. The number of nitrogen functional groups attached to an aromatic ring is 1. The van der Waals surface area contributed by atoms with Gasteiger partial charge in [0.15, 0.2) is 5.82 Å². The third kappa shape index (κ3) is 2.25. The molecule has 10 heteroatoms. The third-order valence-electron chi connectivity index (χ3n) is 4.72. The zero-order valence-corrected chi connectivity index (χ0v) is 14.1.